The monoisotopic (exact) mass is 440 g/mol. The molecule has 1 aromatic heterocycles. The Bertz CT molecular complexity index is 1250. The Morgan fingerprint density at radius 1 is 0.970 bits per heavy atom. The van der Waals surface area contributed by atoms with Gasteiger partial charge in [0.2, 0.25) is 5.91 Å². The number of ether oxygens (including phenoxy) is 1. The van der Waals surface area contributed by atoms with Crippen LogP contribution in [0, 0.1) is 0 Å². The van der Waals surface area contributed by atoms with Crippen molar-refractivity contribution in [2.75, 3.05) is 7.11 Å². The maximum atomic E-state index is 12.1. The Morgan fingerprint density at radius 2 is 1.64 bits per heavy atom. The summed E-state index contributed by atoms with van der Waals surface area (Å²) in [5.41, 5.74) is 11.6. The molecule has 4 nitrogen and oxygen atoms in total. The minimum Gasteiger partial charge on any atom is -0.497 e. The lowest BCUT2D eigenvalue weighted by atomic mass is 9.83. The highest BCUT2D eigenvalue weighted by atomic mass is 16.5. The SMILES string of the molecule is COc1ccc(Cn2cc([C@H](CC(N)=O)c3ccc(C(C)(C)C)cc3)c3ccccc32)cc1. The second kappa shape index (κ2) is 9.14. The number of primary amides is 1. The number of aromatic nitrogens is 1. The van der Waals surface area contributed by atoms with E-state index in [0.717, 1.165) is 34.3 Å². The van der Waals surface area contributed by atoms with Gasteiger partial charge in [-0.3, -0.25) is 4.79 Å². The molecule has 1 atom stereocenters. The van der Waals surface area contributed by atoms with Crippen LogP contribution in [0.4, 0.5) is 0 Å². The van der Waals surface area contributed by atoms with Crippen LogP contribution in [0.15, 0.2) is 79.0 Å². The topological polar surface area (TPSA) is 57.2 Å². The standard InChI is InChI=1S/C29H32N2O2/c1-29(2,3)22-13-11-21(12-14-22)25(17-28(30)32)26-19-31(27-8-6-5-7-24(26)27)18-20-9-15-23(33-4)16-10-20/h5-16,19,25H,17-18H2,1-4H3,(H2,30,32)/t25-/m1/s1. The minimum absolute atomic E-state index is 0.0755. The van der Waals surface area contributed by atoms with E-state index in [4.69, 9.17) is 10.5 Å². The highest BCUT2D eigenvalue weighted by Crippen LogP contribution is 2.36. The quantitative estimate of drug-likeness (QED) is 0.383. The first-order chi connectivity index (χ1) is 15.8. The number of carbonyl (C=O) groups is 1. The lowest BCUT2D eigenvalue weighted by Crippen LogP contribution is -2.16. The molecule has 0 aliphatic carbocycles. The largest absolute Gasteiger partial charge is 0.497 e. The zero-order valence-corrected chi connectivity index (χ0v) is 19.8. The number of fused-ring (bicyclic) bond motifs is 1. The molecule has 33 heavy (non-hydrogen) atoms. The predicted molar refractivity (Wildman–Crippen MR) is 135 cm³/mol. The van der Waals surface area contributed by atoms with Gasteiger partial charge in [-0.1, -0.05) is 75.4 Å². The summed E-state index contributed by atoms with van der Waals surface area (Å²) in [5.74, 6) is 0.447. The molecule has 170 valence electrons. The molecular weight excluding hydrogens is 408 g/mol. The summed E-state index contributed by atoms with van der Waals surface area (Å²) in [5, 5.41) is 1.15. The molecule has 3 aromatic carbocycles. The second-order valence-electron chi connectivity index (χ2n) is 9.67. The molecule has 0 fully saturated rings. The second-order valence-corrected chi connectivity index (χ2v) is 9.67. The molecule has 2 N–H and O–H groups in total. The van der Waals surface area contributed by atoms with Gasteiger partial charge >= 0.3 is 0 Å². The van der Waals surface area contributed by atoms with Gasteiger partial charge in [-0.2, -0.15) is 0 Å². The Morgan fingerprint density at radius 3 is 2.24 bits per heavy atom. The lowest BCUT2D eigenvalue weighted by Gasteiger charge is -2.21. The Labute approximate surface area is 196 Å². The minimum atomic E-state index is -0.299. The molecule has 0 aliphatic rings. The number of methoxy groups -OCH3 is 1. The molecule has 0 aliphatic heterocycles. The van der Waals surface area contributed by atoms with Gasteiger partial charge in [0.25, 0.3) is 0 Å². The number of amides is 1. The summed E-state index contributed by atoms with van der Waals surface area (Å²) in [6, 6.07) is 25.1. The zero-order chi connectivity index (χ0) is 23.6. The van der Waals surface area contributed by atoms with E-state index >= 15 is 0 Å². The number of carbonyl (C=O) groups excluding carboxylic acids is 1. The van der Waals surface area contributed by atoms with Crippen LogP contribution in [0.25, 0.3) is 10.9 Å². The van der Waals surface area contributed by atoms with Crippen molar-refractivity contribution >= 4 is 16.8 Å². The molecule has 4 heteroatoms. The van der Waals surface area contributed by atoms with Gasteiger partial charge in [-0.15, -0.1) is 0 Å². The van der Waals surface area contributed by atoms with E-state index in [9.17, 15) is 4.79 Å². The summed E-state index contributed by atoms with van der Waals surface area (Å²) in [6.45, 7) is 7.35. The Balaban J connectivity index is 1.77. The molecule has 0 saturated carbocycles. The predicted octanol–water partition coefficient (Wildman–Crippen LogP) is 6.00. The van der Waals surface area contributed by atoms with Crippen LogP contribution in [0.1, 0.15) is 55.4 Å². The highest BCUT2D eigenvalue weighted by Gasteiger charge is 2.23. The fraction of sp³-hybridized carbons (Fsp3) is 0.276. The number of nitrogens with zero attached hydrogens (tertiary/aromatic N) is 1. The summed E-state index contributed by atoms with van der Waals surface area (Å²) in [6.07, 6.45) is 2.45. The van der Waals surface area contributed by atoms with Gasteiger partial charge in [0.15, 0.2) is 0 Å². The summed E-state index contributed by atoms with van der Waals surface area (Å²) < 4.78 is 7.54. The van der Waals surface area contributed by atoms with E-state index in [2.05, 4.69) is 86.1 Å². The first-order valence-corrected chi connectivity index (χ1v) is 11.4. The fourth-order valence-corrected chi connectivity index (χ4v) is 4.44. The van der Waals surface area contributed by atoms with Gasteiger partial charge < -0.3 is 15.0 Å². The molecule has 4 aromatic rings. The zero-order valence-electron chi connectivity index (χ0n) is 19.8. The smallest absolute Gasteiger partial charge is 0.218 e. The van der Waals surface area contributed by atoms with Crippen LogP contribution < -0.4 is 10.5 Å². The first-order valence-electron chi connectivity index (χ1n) is 11.4. The third-order valence-corrected chi connectivity index (χ3v) is 6.29. The number of para-hydroxylation sites is 1. The number of hydrogen-bond donors (Lipinski definition) is 1. The van der Waals surface area contributed by atoms with Crippen molar-refractivity contribution in [3.8, 4) is 5.75 Å². The summed E-state index contributed by atoms with van der Waals surface area (Å²) in [4.78, 5) is 12.1. The number of rotatable bonds is 7. The number of benzene rings is 3. The van der Waals surface area contributed by atoms with Crippen LogP contribution in [0.3, 0.4) is 0 Å². The number of hydrogen-bond acceptors (Lipinski definition) is 2. The normalized spacial score (nSPS) is 12.6. The molecule has 1 amide bonds. The maximum Gasteiger partial charge on any atom is 0.218 e. The Kier molecular flexibility index (Phi) is 6.28. The molecule has 0 saturated heterocycles. The van der Waals surface area contributed by atoms with Gasteiger partial charge in [0.05, 0.1) is 7.11 Å². The van der Waals surface area contributed by atoms with Crippen molar-refractivity contribution in [3.05, 3.63) is 101 Å². The third-order valence-electron chi connectivity index (χ3n) is 6.29. The fourth-order valence-electron chi connectivity index (χ4n) is 4.44. The average Bonchev–Trinajstić information content (AvgIpc) is 3.15. The molecule has 0 bridgehead atoms. The lowest BCUT2D eigenvalue weighted by molar-refractivity contribution is -0.118. The average molecular weight is 441 g/mol. The van der Waals surface area contributed by atoms with Gasteiger partial charge in [-0.25, -0.2) is 0 Å². The molecule has 0 spiro atoms. The third kappa shape index (κ3) is 4.95. The van der Waals surface area contributed by atoms with Crippen LogP contribution >= 0.6 is 0 Å². The van der Waals surface area contributed by atoms with Crippen molar-refractivity contribution < 1.29 is 9.53 Å². The van der Waals surface area contributed by atoms with Crippen molar-refractivity contribution in [3.63, 3.8) is 0 Å². The van der Waals surface area contributed by atoms with Crippen molar-refractivity contribution in [1.82, 2.24) is 4.57 Å². The molecule has 1 heterocycles. The van der Waals surface area contributed by atoms with Gasteiger partial charge in [0, 0.05) is 36.0 Å². The van der Waals surface area contributed by atoms with E-state index in [1.165, 1.54) is 11.1 Å². The van der Waals surface area contributed by atoms with E-state index in [1.807, 2.05) is 18.2 Å². The Hall–Kier alpha value is -3.53. The summed E-state index contributed by atoms with van der Waals surface area (Å²) in [7, 11) is 1.67. The molecular formula is C29H32N2O2. The van der Waals surface area contributed by atoms with Crippen molar-refractivity contribution in [1.29, 1.82) is 0 Å². The molecule has 4 rings (SSSR count). The van der Waals surface area contributed by atoms with E-state index < -0.39 is 0 Å². The van der Waals surface area contributed by atoms with Crippen molar-refractivity contribution in [2.24, 2.45) is 5.73 Å². The van der Waals surface area contributed by atoms with Crippen LogP contribution in [-0.4, -0.2) is 17.6 Å². The number of nitrogens with two attached hydrogens (primary N) is 1. The van der Waals surface area contributed by atoms with E-state index in [0.29, 0.717) is 0 Å². The summed E-state index contributed by atoms with van der Waals surface area (Å²) >= 11 is 0. The van der Waals surface area contributed by atoms with Crippen LogP contribution in [-0.2, 0) is 16.8 Å². The van der Waals surface area contributed by atoms with Gasteiger partial charge in [0.1, 0.15) is 5.75 Å². The first kappa shape index (κ1) is 22.7. The van der Waals surface area contributed by atoms with E-state index in [-0.39, 0.29) is 23.7 Å². The highest BCUT2D eigenvalue weighted by molar-refractivity contribution is 5.86. The maximum absolute atomic E-state index is 12.1. The van der Waals surface area contributed by atoms with Gasteiger partial charge in [-0.05, 0) is 45.9 Å². The van der Waals surface area contributed by atoms with Crippen molar-refractivity contribution in [2.45, 2.75) is 45.1 Å². The van der Waals surface area contributed by atoms with Crippen LogP contribution in [0.5, 0.6) is 5.75 Å². The molecule has 0 radical (unpaired) electrons. The van der Waals surface area contributed by atoms with E-state index in [1.54, 1.807) is 7.11 Å². The van der Waals surface area contributed by atoms with Crippen LogP contribution in [0.2, 0.25) is 0 Å². The molecule has 0 unspecified atom stereocenters.